The molecule has 2 atom stereocenters. The molecule has 0 aromatic heterocycles. The fourth-order valence-electron chi connectivity index (χ4n) is 3.44. The fourth-order valence-corrected chi connectivity index (χ4v) is 42.0. The predicted octanol–water partition coefficient (Wildman–Crippen LogP) is -0.488. The molecule has 0 N–H and O–H groups in total. The summed E-state index contributed by atoms with van der Waals surface area (Å²) in [5, 5.41) is 0. The molecule has 13 nitrogen and oxygen atoms in total. The van der Waals surface area contributed by atoms with E-state index in [1.54, 1.807) is 0 Å². The van der Waals surface area contributed by atoms with Crippen molar-refractivity contribution in [2.45, 2.75) is 72.0 Å². The largest absolute Gasteiger partial charge is 0.661 e. The lowest BCUT2D eigenvalue weighted by Gasteiger charge is -2.57. The second kappa shape index (κ2) is 12.4. The molecule has 0 aromatic rings. The quantitative estimate of drug-likeness (QED) is 0.230. The molecule has 0 aliphatic carbocycles. The first-order chi connectivity index (χ1) is 16.6. The Labute approximate surface area is 231 Å². The molecular formula is C12H42O13Si11. The minimum absolute atomic E-state index is 0.455. The summed E-state index contributed by atoms with van der Waals surface area (Å²) in [7, 11) is -29.6. The molecule has 2 unspecified atom stereocenters. The van der Waals surface area contributed by atoms with Crippen LogP contribution in [0.15, 0.2) is 0 Å². The third kappa shape index (κ3) is 7.99. The lowest BCUT2D eigenvalue weighted by molar-refractivity contribution is -0.122. The van der Waals surface area contributed by atoms with E-state index in [1.165, 1.54) is 0 Å². The lowest BCUT2D eigenvalue weighted by Crippen LogP contribution is -2.89. The third-order valence-corrected chi connectivity index (χ3v) is 34.9. The van der Waals surface area contributed by atoms with Crippen molar-refractivity contribution in [1.82, 2.24) is 0 Å². The highest BCUT2D eigenvalue weighted by Gasteiger charge is 2.87. The molecule has 4 fully saturated rings. The van der Waals surface area contributed by atoms with Gasteiger partial charge in [-0.25, -0.2) is 0 Å². The number of fused-ring (bicyclic) bond motifs is 2. The van der Waals surface area contributed by atoms with Crippen LogP contribution in [0.5, 0.6) is 0 Å². The molecule has 212 valence electrons. The van der Waals surface area contributed by atoms with Gasteiger partial charge < -0.3 is 53.8 Å². The van der Waals surface area contributed by atoms with Crippen LogP contribution in [-0.4, -0.2) is 106 Å². The van der Waals surface area contributed by atoms with E-state index < -0.39 is 100.0 Å². The van der Waals surface area contributed by atoms with Crippen LogP contribution in [0, 0.1) is 0 Å². The van der Waals surface area contributed by atoms with Gasteiger partial charge in [0.05, 0.1) is 0 Å². The molecule has 4 aliphatic heterocycles. The van der Waals surface area contributed by atoms with Gasteiger partial charge in [-0.1, -0.05) is 6.55 Å². The van der Waals surface area contributed by atoms with Crippen LogP contribution in [0.2, 0.25) is 72.0 Å². The summed E-state index contributed by atoms with van der Waals surface area (Å²) >= 11 is 0. The van der Waals surface area contributed by atoms with Crippen LogP contribution in [0.1, 0.15) is 0 Å². The van der Waals surface area contributed by atoms with E-state index in [4.69, 9.17) is 53.8 Å². The van der Waals surface area contributed by atoms with Crippen LogP contribution in [0.4, 0.5) is 0 Å². The molecule has 4 saturated heterocycles. The van der Waals surface area contributed by atoms with Crippen molar-refractivity contribution in [3.8, 4) is 0 Å². The van der Waals surface area contributed by atoms with Crippen molar-refractivity contribution in [2.24, 2.45) is 0 Å². The van der Waals surface area contributed by atoms with E-state index in [1.807, 2.05) is 65.5 Å². The molecule has 0 aromatic carbocycles. The van der Waals surface area contributed by atoms with E-state index in [0.717, 1.165) is 0 Å². The Morgan fingerprint density at radius 2 is 0.778 bits per heavy atom. The van der Waals surface area contributed by atoms with Crippen molar-refractivity contribution in [2.75, 3.05) is 6.23 Å². The van der Waals surface area contributed by atoms with E-state index in [9.17, 15) is 0 Å². The lowest BCUT2D eigenvalue weighted by atomic mass is 11.7. The monoisotopic (exact) mass is 702 g/mol. The standard InChI is InChI=1S/C12H42O13Si11/c1-26-12-13-32-19-34(16-29(6)7)22-33(14-27(2)3,15-28(4)5)23-35(20-32,17-30(8)9)25-36(21-32,24-34)18-31(10)11/h27-31H,12,26H2,1-11H3. The second-order valence-corrected chi connectivity index (χ2v) is 37.5. The molecule has 36 heavy (non-hydrogen) atoms. The first-order valence-corrected chi connectivity index (χ1v) is 37.0. The Bertz CT molecular complexity index is 706. The molecule has 0 saturated carbocycles. The predicted molar refractivity (Wildman–Crippen MR) is 157 cm³/mol. The van der Waals surface area contributed by atoms with Crippen LogP contribution < -0.4 is 0 Å². The van der Waals surface area contributed by atoms with Crippen LogP contribution in [0.3, 0.4) is 0 Å². The van der Waals surface area contributed by atoms with Crippen LogP contribution in [-0.2, 0) is 53.8 Å². The average Bonchev–Trinajstić information content (AvgIpc) is 2.60. The van der Waals surface area contributed by atoms with Gasteiger partial charge in [0.2, 0.25) is 0 Å². The van der Waals surface area contributed by atoms with Crippen molar-refractivity contribution in [1.29, 1.82) is 0 Å². The smallest absolute Gasteiger partial charge is 0.399 e. The van der Waals surface area contributed by atoms with Gasteiger partial charge in [-0.15, -0.1) is 0 Å². The maximum atomic E-state index is 6.70. The zero-order valence-electron chi connectivity index (χ0n) is 23.1. The molecule has 4 bridgehead atoms. The summed E-state index contributed by atoms with van der Waals surface area (Å²) in [4.78, 5) is 0. The number of rotatable bonds is 13. The molecule has 24 heteroatoms. The Morgan fingerprint density at radius 3 is 1.08 bits per heavy atom. The first-order valence-electron chi connectivity index (χ1n) is 12.5. The Hall–Kier alpha value is 1.87. The van der Waals surface area contributed by atoms with Crippen molar-refractivity contribution >= 4 is 100.0 Å². The summed E-state index contributed by atoms with van der Waals surface area (Å²) in [5.41, 5.74) is 0. The van der Waals surface area contributed by atoms with E-state index in [-0.39, 0.29) is 0 Å². The molecule has 4 rings (SSSR count). The Kier molecular flexibility index (Phi) is 11.1. The fraction of sp³-hybridized carbons (Fsp3) is 1.00. The van der Waals surface area contributed by atoms with Crippen molar-refractivity contribution in [3.05, 3.63) is 0 Å². The topological polar surface area (TPSA) is 120 Å². The van der Waals surface area contributed by atoms with Gasteiger partial charge in [-0.05, 0) is 65.5 Å². The highest BCUT2D eigenvalue weighted by Crippen LogP contribution is 2.47. The third-order valence-electron chi connectivity index (χ3n) is 4.13. The van der Waals surface area contributed by atoms with Gasteiger partial charge in [0, 0.05) is 15.7 Å². The Morgan fingerprint density at radius 1 is 0.472 bits per heavy atom. The minimum Gasteiger partial charge on any atom is -0.399 e. The maximum Gasteiger partial charge on any atom is 0.661 e. The van der Waals surface area contributed by atoms with Crippen LogP contribution in [0.25, 0.3) is 0 Å². The number of hydrogen-bond donors (Lipinski definition) is 0. The minimum atomic E-state index is -4.10. The molecular weight excluding hydrogens is 661 g/mol. The highest BCUT2D eigenvalue weighted by atomic mass is 28.7. The van der Waals surface area contributed by atoms with Crippen molar-refractivity contribution in [3.63, 3.8) is 0 Å². The number of hydrogen-bond acceptors (Lipinski definition) is 13. The molecule has 4 heterocycles. The Balaban J connectivity index is 2.24. The molecule has 0 spiro atoms. The summed E-state index contributed by atoms with van der Waals surface area (Å²) in [6, 6.07) is 0. The average molecular weight is 703 g/mol. The van der Waals surface area contributed by atoms with Gasteiger partial charge in [0.1, 0.15) is 0 Å². The van der Waals surface area contributed by atoms with Gasteiger partial charge in [-0.3, -0.25) is 0 Å². The maximum absolute atomic E-state index is 6.70. The molecule has 0 amide bonds. The zero-order chi connectivity index (χ0) is 27.0. The highest BCUT2D eigenvalue weighted by molar-refractivity contribution is 6.98. The van der Waals surface area contributed by atoms with Crippen LogP contribution >= 0.6 is 0 Å². The SMILES string of the molecule is C[SiH2]CO[Si]12O[Si]3(O[SiH](C)C)O[Si](O[SiH](C)C)(O[SiH](C)C)O[Si](O[SiH](C)C)(O1)O[Si](O[SiH](C)C)(O2)O3. The van der Waals surface area contributed by atoms with E-state index in [0.29, 0.717) is 6.23 Å². The van der Waals surface area contributed by atoms with Gasteiger partial charge in [0.25, 0.3) is 0 Å². The normalized spacial score (nSPS) is 36.3. The second-order valence-electron chi connectivity index (χ2n) is 9.90. The summed E-state index contributed by atoms with van der Waals surface area (Å²) in [6.45, 7) is 22.2. The molecule has 0 radical (unpaired) electrons. The van der Waals surface area contributed by atoms with E-state index >= 15 is 0 Å². The summed E-state index contributed by atoms with van der Waals surface area (Å²) in [5.74, 6) is 0. The van der Waals surface area contributed by atoms with Gasteiger partial charge in [0.15, 0.2) is 45.2 Å². The van der Waals surface area contributed by atoms with Gasteiger partial charge in [-0.2, -0.15) is 0 Å². The zero-order valence-corrected chi connectivity index (χ0v) is 35.3. The summed E-state index contributed by atoms with van der Waals surface area (Å²) < 4.78 is 84.3. The molecule has 4 aliphatic rings. The van der Waals surface area contributed by atoms with Gasteiger partial charge >= 0.3 is 45.2 Å². The summed E-state index contributed by atoms with van der Waals surface area (Å²) in [6.07, 6.45) is 0.455. The van der Waals surface area contributed by atoms with E-state index in [2.05, 4.69) is 6.55 Å². The van der Waals surface area contributed by atoms with Crippen molar-refractivity contribution < 1.29 is 53.8 Å². The first kappa shape index (κ1) is 32.4.